The fraction of sp³-hybridized carbons (Fsp3) is 0.294. The molecule has 2 aromatic carbocycles. The number of hydrogen-bond donors (Lipinski definition) is 0. The zero-order chi connectivity index (χ0) is 13.5. The smallest absolute Gasteiger partial charge is 0.0486 e. The van der Waals surface area contributed by atoms with Gasteiger partial charge in [-0.2, -0.15) is 0 Å². The van der Waals surface area contributed by atoms with E-state index in [1.165, 1.54) is 20.9 Å². The lowest BCUT2D eigenvalue weighted by Gasteiger charge is -2.09. The van der Waals surface area contributed by atoms with Crippen LogP contribution >= 0.6 is 23.5 Å². The van der Waals surface area contributed by atoms with E-state index in [4.69, 9.17) is 0 Å². The first-order valence-corrected chi connectivity index (χ1v) is 8.73. The molecular formula is C17H20S2. The second-order valence-corrected chi connectivity index (χ2v) is 6.73. The van der Waals surface area contributed by atoms with E-state index >= 15 is 0 Å². The van der Waals surface area contributed by atoms with E-state index in [1.54, 1.807) is 0 Å². The molecule has 0 heterocycles. The van der Waals surface area contributed by atoms with Crippen molar-refractivity contribution in [3.63, 3.8) is 0 Å². The maximum Gasteiger partial charge on any atom is 0.0486 e. The minimum atomic E-state index is 1.08. The second-order valence-electron chi connectivity index (χ2n) is 4.33. The van der Waals surface area contributed by atoms with Crippen molar-refractivity contribution in [2.45, 2.75) is 36.5 Å². The predicted molar refractivity (Wildman–Crippen MR) is 88.2 cm³/mol. The molecule has 2 heteroatoms. The van der Waals surface area contributed by atoms with Crippen LogP contribution in [0.5, 0.6) is 0 Å². The monoisotopic (exact) mass is 288 g/mol. The topological polar surface area (TPSA) is 0 Å². The van der Waals surface area contributed by atoms with Crippen molar-refractivity contribution in [2.75, 3.05) is 5.08 Å². The third-order valence-corrected chi connectivity index (χ3v) is 5.50. The minimum Gasteiger partial charge on any atom is -0.115 e. The highest BCUT2D eigenvalue weighted by Gasteiger charge is 2.03. The van der Waals surface area contributed by atoms with E-state index in [-0.39, 0.29) is 0 Å². The van der Waals surface area contributed by atoms with E-state index in [1.807, 2.05) is 23.5 Å². The lowest BCUT2D eigenvalue weighted by molar-refractivity contribution is 1.08. The average molecular weight is 288 g/mol. The van der Waals surface area contributed by atoms with Crippen LogP contribution in [0.1, 0.15) is 25.0 Å². The van der Waals surface area contributed by atoms with Gasteiger partial charge in [0.15, 0.2) is 0 Å². The third kappa shape index (κ3) is 4.05. The highest BCUT2D eigenvalue weighted by molar-refractivity contribution is 8.16. The second kappa shape index (κ2) is 7.66. The molecule has 0 atom stereocenters. The van der Waals surface area contributed by atoms with Crippen LogP contribution < -0.4 is 0 Å². The van der Waals surface area contributed by atoms with Crippen molar-refractivity contribution in [1.82, 2.24) is 0 Å². The molecule has 0 bridgehead atoms. The molecule has 0 aliphatic rings. The lowest BCUT2D eigenvalue weighted by atomic mass is 10.2. The SMILES string of the molecule is CCc1ccccc1SCSc1ccccc1CC. The molecule has 0 N–H and O–H groups in total. The van der Waals surface area contributed by atoms with E-state index < -0.39 is 0 Å². The Morgan fingerprint density at radius 2 is 1.11 bits per heavy atom. The third-order valence-electron chi connectivity index (χ3n) is 3.14. The molecule has 0 nitrogen and oxygen atoms in total. The minimum absolute atomic E-state index is 1.08. The van der Waals surface area contributed by atoms with Crippen molar-refractivity contribution in [2.24, 2.45) is 0 Å². The summed E-state index contributed by atoms with van der Waals surface area (Å²) in [6.45, 7) is 4.44. The summed E-state index contributed by atoms with van der Waals surface area (Å²) in [5.74, 6) is 0. The van der Waals surface area contributed by atoms with Crippen LogP contribution in [0.2, 0.25) is 0 Å². The average Bonchev–Trinajstić information content (AvgIpc) is 2.48. The normalized spacial score (nSPS) is 10.6. The summed E-state index contributed by atoms with van der Waals surface area (Å²) in [6.07, 6.45) is 2.22. The Kier molecular flexibility index (Phi) is 5.87. The molecule has 0 fully saturated rings. The quantitative estimate of drug-likeness (QED) is 0.497. The maximum atomic E-state index is 2.23. The van der Waals surface area contributed by atoms with Gasteiger partial charge < -0.3 is 0 Å². The Labute approximate surface area is 125 Å². The van der Waals surface area contributed by atoms with Gasteiger partial charge in [-0.1, -0.05) is 50.2 Å². The summed E-state index contributed by atoms with van der Waals surface area (Å²) in [5, 5.41) is 1.08. The van der Waals surface area contributed by atoms with Gasteiger partial charge in [0.05, 0.1) is 0 Å². The molecule has 0 amide bonds. The fourth-order valence-electron chi connectivity index (χ4n) is 2.03. The van der Waals surface area contributed by atoms with Crippen LogP contribution in [0.4, 0.5) is 0 Å². The summed E-state index contributed by atoms with van der Waals surface area (Å²) >= 11 is 3.90. The predicted octanol–water partition coefficient (Wildman–Crippen LogP) is 5.65. The van der Waals surface area contributed by atoms with Gasteiger partial charge >= 0.3 is 0 Å². The summed E-state index contributed by atoms with van der Waals surface area (Å²) in [7, 11) is 0. The van der Waals surface area contributed by atoms with Gasteiger partial charge in [0.1, 0.15) is 0 Å². The number of thioether (sulfide) groups is 2. The van der Waals surface area contributed by atoms with Gasteiger partial charge in [-0.25, -0.2) is 0 Å². The Bertz CT molecular complexity index is 473. The van der Waals surface area contributed by atoms with Crippen molar-refractivity contribution in [3.05, 3.63) is 59.7 Å². The number of aryl methyl sites for hydroxylation is 2. The van der Waals surface area contributed by atoms with Crippen molar-refractivity contribution in [3.8, 4) is 0 Å². The first kappa shape index (κ1) is 14.5. The number of hydrogen-bond acceptors (Lipinski definition) is 2. The van der Waals surface area contributed by atoms with Gasteiger partial charge in [0.25, 0.3) is 0 Å². The summed E-state index contributed by atoms with van der Waals surface area (Å²) in [5.41, 5.74) is 2.91. The molecule has 19 heavy (non-hydrogen) atoms. The molecule has 100 valence electrons. The molecule has 0 radical (unpaired) electrons. The van der Waals surface area contributed by atoms with Crippen LogP contribution in [0, 0.1) is 0 Å². The Hall–Kier alpha value is -0.860. The number of benzene rings is 2. The highest BCUT2D eigenvalue weighted by Crippen LogP contribution is 2.31. The standard InChI is InChI=1S/C17H20S2/c1-3-14-9-5-7-11-16(14)18-13-19-17-12-8-6-10-15(17)4-2/h5-12H,3-4,13H2,1-2H3. The highest BCUT2D eigenvalue weighted by atomic mass is 32.2. The molecular weight excluding hydrogens is 268 g/mol. The van der Waals surface area contributed by atoms with Gasteiger partial charge in [0.2, 0.25) is 0 Å². The summed E-state index contributed by atoms with van der Waals surface area (Å²) in [6, 6.07) is 17.4. The van der Waals surface area contributed by atoms with E-state index in [0.29, 0.717) is 0 Å². The van der Waals surface area contributed by atoms with Crippen molar-refractivity contribution >= 4 is 23.5 Å². The molecule has 0 aliphatic heterocycles. The zero-order valence-corrected chi connectivity index (χ0v) is 13.2. The van der Waals surface area contributed by atoms with Crippen LogP contribution in [0.3, 0.4) is 0 Å². The van der Waals surface area contributed by atoms with Crippen LogP contribution in [-0.4, -0.2) is 5.08 Å². The van der Waals surface area contributed by atoms with Crippen LogP contribution in [0.25, 0.3) is 0 Å². The van der Waals surface area contributed by atoms with Crippen molar-refractivity contribution in [1.29, 1.82) is 0 Å². The van der Waals surface area contributed by atoms with E-state index in [0.717, 1.165) is 17.9 Å². The molecule has 0 spiro atoms. The maximum absolute atomic E-state index is 2.23. The Balaban J connectivity index is 1.96. The Morgan fingerprint density at radius 1 is 0.684 bits per heavy atom. The molecule has 2 aromatic rings. The van der Waals surface area contributed by atoms with Crippen LogP contribution in [-0.2, 0) is 12.8 Å². The lowest BCUT2D eigenvalue weighted by Crippen LogP contribution is -1.87. The van der Waals surface area contributed by atoms with Crippen molar-refractivity contribution < 1.29 is 0 Å². The molecule has 2 rings (SSSR count). The first-order chi connectivity index (χ1) is 9.35. The first-order valence-electron chi connectivity index (χ1n) is 6.76. The number of rotatable bonds is 6. The van der Waals surface area contributed by atoms with E-state index in [2.05, 4.69) is 62.4 Å². The van der Waals surface area contributed by atoms with Gasteiger partial charge in [-0.15, -0.1) is 23.5 Å². The molecule has 0 saturated heterocycles. The molecule has 0 aromatic heterocycles. The largest absolute Gasteiger partial charge is 0.115 e. The zero-order valence-electron chi connectivity index (χ0n) is 11.6. The summed E-state index contributed by atoms with van der Waals surface area (Å²) < 4.78 is 0. The van der Waals surface area contributed by atoms with Gasteiger partial charge in [0, 0.05) is 14.9 Å². The summed E-state index contributed by atoms with van der Waals surface area (Å²) in [4.78, 5) is 2.85. The molecule has 0 saturated carbocycles. The van der Waals surface area contributed by atoms with Crippen LogP contribution in [0.15, 0.2) is 58.3 Å². The van der Waals surface area contributed by atoms with Gasteiger partial charge in [-0.3, -0.25) is 0 Å². The Morgan fingerprint density at radius 3 is 1.53 bits per heavy atom. The molecule has 0 aliphatic carbocycles. The fourth-order valence-corrected chi connectivity index (χ4v) is 4.43. The van der Waals surface area contributed by atoms with E-state index in [9.17, 15) is 0 Å². The molecule has 0 unspecified atom stereocenters. The van der Waals surface area contributed by atoms with Gasteiger partial charge in [-0.05, 0) is 36.1 Å².